The molecule has 0 spiro atoms. The standard InChI is InChI=1S/C12H17N5/c13-9-2-1-3-10(6-9)16-12-11-7-14-8-17(11)5-4-15-12/h4-5,7-10H,1-3,6,13H2,(H,15,16)/t9-,10+/m0/s1. The van der Waals surface area contributed by atoms with Crippen LogP contribution in [0.25, 0.3) is 5.52 Å². The Morgan fingerprint density at radius 1 is 1.41 bits per heavy atom. The summed E-state index contributed by atoms with van der Waals surface area (Å²) in [4.78, 5) is 8.51. The Kier molecular flexibility index (Phi) is 2.68. The van der Waals surface area contributed by atoms with Gasteiger partial charge in [-0.15, -0.1) is 0 Å². The van der Waals surface area contributed by atoms with Crippen molar-refractivity contribution in [2.45, 2.75) is 37.8 Å². The first kappa shape index (κ1) is 10.5. The van der Waals surface area contributed by atoms with Gasteiger partial charge in [0.05, 0.1) is 12.5 Å². The molecule has 1 aliphatic carbocycles. The van der Waals surface area contributed by atoms with Gasteiger partial charge < -0.3 is 15.5 Å². The van der Waals surface area contributed by atoms with Crippen LogP contribution in [0.1, 0.15) is 25.7 Å². The molecule has 0 radical (unpaired) electrons. The lowest BCUT2D eigenvalue weighted by Crippen LogP contribution is -2.35. The number of fused-ring (bicyclic) bond motifs is 1. The molecule has 3 N–H and O–H groups in total. The molecular weight excluding hydrogens is 214 g/mol. The van der Waals surface area contributed by atoms with Crippen LogP contribution in [-0.2, 0) is 0 Å². The summed E-state index contributed by atoms with van der Waals surface area (Å²) in [6.45, 7) is 0. The molecule has 2 heterocycles. The summed E-state index contributed by atoms with van der Waals surface area (Å²) < 4.78 is 1.97. The number of nitrogens with one attached hydrogen (secondary N) is 1. The minimum Gasteiger partial charge on any atom is -0.365 e. The van der Waals surface area contributed by atoms with Gasteiger partial charge in [0.25, 0.3) is 0 Å². The third-order valence-corrected chi connectivity index (χ3v) is 3.40. The summed E-state index contributed by atoms with van der Waals surface area (Å²) in [6.07, 6.45) is 11.8. The van der Waals surface area contributed by atoms with E-state index in [4.69, 9.17) is 5.73 Å². The van der Waals surface area contributed by atoms with Gasteiger partial charge in [0.15, 0.2) is 5.82 Å². The summed E-state index contributed by atoms with van der Waals surface area (Å²) in [5.41, 5.74) is 7.01. The van der Waals surface area contributed by atoms with E-state index < -0.39 is 0 Å². The van der Waals surface area contributed by atoms with E-state index in [1.54, 1.807) is 12.5 Å². The van der Waals surface area contributed by atoms with Gasteiger partial charge in [0.2, 0.25) is 0 Å². The minimum absolute atomic E-state index is 0.325. The van der Waals surface area contributed by atoms with E-state index >= 15 is 0 Å². The van der Waals surface area contributed by atoms with E-state index in [0.717, 1.165) is 24.2 Å². The summed E-state index contributed by atoms with van der Waals surface area (Å²) in [5.74, 6) is 0.907. The van der Waals surface area contributed by atoms with E-state index in [0.29, 0.717) is 12.1 Å². The van der Waals surface area contributed by atoms with Crippen molar-refractivity contribution in [2.75, 3.05) is 5.32 Å². The highest BCUT2D eigenvalue weighted by Crippen LogP contribution is 2.22. The fourth-order valence-electron chi connectivity index (χ4n) is 2.52. The molecule has 0 aliphatic heterocycles. The maximum Gasteiger partial charge on any atom is 0.152 e. The Morgan fingerprint density at radius 2 is 2.35 bits per heavy atom. The minimum atomic E-state index is 0.325. The maximum absolute atomic E-state index is 5.99. The second kappa shape index (κ2) is 4.33. The van der Waals surface area contributed by atoms with Gasteiger partial charge in [-0.2, -0.15) is 0 Å². The number of hydrogen-bond acceptors (Lipinski definition) is 4. The zero-order valence-electron chi connectivity index (χ0n) is 9.71. The Balaban J connectivity index is 1.82. The largest absolute Gasteiger partial charge is 0.365 e. The highest BCUT2D eigenvalue weighted by atomic mass is 15.1. The van der Waals surface area contributed by atoms with Crippen molar-refractivity contribution in [3.8, 4) is 0 Å². The van der Waals surface area contributed by atoms with Crippen molar-refractivity contribution in [1.82, 2.24) is 14.4 Å². The Labute approximate surface area is 100 Å². The SMILES string of the molecule is N[C@H]1CCC[C@@H](Nc2nccn3cncc23)C1. The van der Waals surface area contributed by atoms with Crippen molar-refractivity contribution >= 4 is 11.3 Å². The molecule has 5 nitrogen and oxygen atoms in total. The van der Waals surface area contributed by atoms with E-state index in [1.165, 1.54) is 12.8 Å². The topological polar surface area (TPSA) is 68.2 Å². The molecule has 90 valence electrons. The van der Waals surface area contributed by atoms with Crippen molar-refractivity contribution in [3.63, 3.8) is 0 Å². The molecule has 2 atom stereocenters. The van der Waals surface area contributed by atoms with Gasteiger partial charge in [0.1, 0.15) is 5.52 Å². The van der Waals surface area contributed by atoms with Crippen LogP contribution < -0.4 is 11.1 Å². The van der Waals surface area contributed by atoms with Gasteiger partial charge in [-0.25, -0.2) is 9.97 Å². The van der Waals surface area contributed by atoms with Gasteiger partial charge in [-0.05, 0) is 25.7 Å². The monoisotopic (exact) mass is 231 g/mol. The van der Waals surface area contributed by atoms with Gasteiger partial charge >= 0.3 is 0 Å². The predicted molar refractivity (Wildman–Crippen MR) is 66.8 cm³/mol. The van der Waals surface area contributed by atoms with Crippen LogP contribution >= 0.6 is 0 Å². The highest BCUT2D eigenvalue weighted by molar-refractivity contribution is 5.66. The van der Waals surface area contributed by atoms with E-state index in [2.05, 4.69) is 15.3 Å². The van der Waals surface area contributed by atoms with Crippen LogP contribution in [0.15, 0.2) is 24.9 Å². The molecule has 5 heteroatoms. The van der Waals surface area contributed by atoms with Crippen LogP contribution in [0.2, 0.25) is 0 Å². The number of nitrogens with two attached hydrogens (primary N) is 1. The third kappa shape index (κ3) is 2.10. The molecular formula is C12H17N5. The molecule has 2 aromatic heterocycles. The summed E-state index contributed by atoms with van der Waals surface area (Å²) in [7, 11) is 0. The predicted octanol–water partition coefficient (Wildman–Crippen LogP) is 1.41. The smallest absolute Gasteiger partial charge is 0.152 e. The molecule has 0 amide bonds. The van der Waals surface area contributed by atoms with Crippen LogP contribution in [-0.4, -0.2) is 26.5 Å². The lowest BCUT2D eigenvalue weighted by molar-refractivity contribution is 0.409. The van der Waals surface area contributed by atoms with E-state index in [9.17, 15) is 0 Å². The van der Waals surface area contributed by atoms with Crippen molar-refractivity contribution in [2.24, 2.45) is 5.73 Å². The maximum atomic E-state index is 5.99. The first-order chi connectivity index (χ1) is 8.33. The van der Waals surface area contributed by atoms with Gasteiger partial charge in [-0.3, -0.25) is 0 Å². The first-order valence-electron chi connectivity index (χ1n) is 6.12. The summed E-state index contributed by atoms with van der Waals surface area (Å²) >= 11 is 0. The molecule has 2 aromatic rings. The lowest BCUT2D eigenvalue weighted by atomic mass is 9.92. The Hall–Kier alpha value is -1.62. The zero-order chi connectivity index (χ0) is 11.7. The quantitative estimate of drug-likeness (QED) is 0.820. The molecule has 0 aromatic carbocycles. The van der Waals surface area contributed by atoms with Crippen molar-refractivity contribution in [1.29, 1.82) is 0 Å². The van der Waals surface area contributed by atoms with Crippen LogP contribution in [0, 0.1) is 0 Å². The number of nitrogens with zero attached hydrogens (tertiary/aromatic N) is 3. The fourth-order valence-corrected chi connectivity index (χ4v) is 2.52. The normalized spacial score (nSPS) is 25.0. The molecule has 1 fully saturated rings. The van der Waals surface area contributed by atoms with Crippen LogP contribution in [0.4, 0.5) is 5.82 Å². The fraction of sp³-hybridized carbons (Fsp3) is 0.500. The number of rotatable bonds is 2. The molecule has 3 rings (SSSR count). The van der Waals surface area contributed by atoms with Crippen LogP contribution in [0.3, 0.4) is 0 Å². The summed E-state index contributed by atoms with van der Waals surface area (Å²) in [5, 5.41) is 3.49. The summed E-state index contributed by atoms with van der Waals surface area (Å²) in [6, 6.07) is 0.762. The van der Waals surface area contributed by atoms with Gasteiger partial charge in [-0.1, -0.05) is 0 Å². The number of hydrogen-bond donors (Lipinski definition) is 2. The molecule has 1 saturated carbocycles. The molecule has 0 unspecified atom stereocenters. The molecule has 0 saturated heterocycles. The zero-order valence-corrected chi connectivity index (χ0v) is 9.71. The number of imidazole rings is 1. The highest BCUT2D eigenvalue weighted by Gasteiger charge is 2.19. The van der Waals surface area contributed by atoms with Gasteiger partial charge in [0, 0.05) is 24.5 Å². The second-order valence-electron chi connectivity index (χ2n) is 4.73. The van der Waals surface area contributed by atoms with E-state index in [-0.39, 0.29) is 0 Å². The Morgan fingerprint density at radius 3 is 3.24 bits per heavy atom. The Bertz CT molecular complexity index is 506. The van der Waals surface area contributed by atoms with E-state index in [1.807, 2.05) is 16.8 Å². The number of aromatic nitrogens is 3. The average Bonchev–Trinajstić information content (AvgIpc) is 2.78. The lowest BCUT2D eigenvalue weighted by Gasteiger charge is -2.27. The average molecular weight is 231 g/mol. The first-order valence-corrected chi connectivity index (χ1v) is 6.12. The van der Waals surface area contributed by atoms with Crippen molar-refractivity contribution in [3.05, 3.63) is 24.9 Å². The molecule has 0 bridgehead atoms. The van der Waals surface area contributed by atoms with Crippen molar-refractivity contribution < 1.29 is 0 Å². The second-order valence-corrected chi connectivity index (χ2v) is 4.73. The molecule has 17 heavy (non-hydrogen) atoms. The van der Waals surface area contributed by atoms with Crippen LogP contribution in [0.5, 0.6) is 0 Å². The molecule has 1 aliphatic rings. The number of anilines is 1. The third-order valence-electron chi connectivity index (χ3n) is 3.40.